The fourth-order valence-corrected chi connectivity index (χ4v) is 1.76. The molecular weight excluding hydrogens is 186 g/mol. The summed E-state index contributed by atoms with van der Waals surface area (Å²) in [4.78, 5) is 0. The average Bonchev–Trinajstić information content (AvgIpc) is 2.55. The van der Waals surface area contributed by atoms with Crippen molar-refractivity contribution in [1.82, 2.24) is 9.78 Å². The van der Waals surface area contributed by atoms with E-state index in [1.54, 1.807) is 0 Å². The van der Waals surface area contributed by atoms with Gasteiger partial charge in [0.15, 0.2) is 0 Å². The lowest BCUT2D eigenvalue weighted by atomic mass is 10.0. The van der Waals surface area contributed by atoms with Crippen molar-refractivity contribution in [3.63, 3.8) is 0 Å². The number of hydrogen-bond acceptors (Lipinski definition) is 2. The SMILES string of the molecule is CCc1cc(NC(CC)C(C)C)n(C)n1. The van der Waals surface area contributed by atoms with Gasteiger partial charge in [-0.25, -0.2) is 0 Å². The van der Waals surface area contributed by atoms with Crippen LogP contribution in [0.4, 0.5) is 5.82 Å². The van der Waals surface area contributed by atoms with Crippen LogP contribution in [0, 0.1) is 5.92 Å². The van der Waals surface area contributed by atoms with E-state index in [0.717, 1.165) is 24.4 Å². The molecule has 1 unspecified atom stereocenters. The highest BCUT2D eigenvalue weighted by atomic mass is 15.3. The van der Waals surface area contributed by atoms with Crippen LogP contribution in [0.25, 0.3) is 0 Å². The Bertz CT molecular complexity index is 302. The lowest BCUT2D eigenvalue weighted by Crippen LogP contribution is -2.25. The molecule has 1 rings (SSSR count). The van der Waals surface area contributed by atoms with Crippen LogP contribution < -0.4 is 5.32 Å². The molecule has 1 aromatic rings. The van der Waals surface area contributed by atoms with Gasteiger partial charge in [-0.15, -0.1) is 0 Å². The molecular formula is C12H23N3. The van der Waals surface area contributed by atoms with Crippen molar-refractivity contribution in [2.75, 3.05) is 5.32 Å². The summed E-state index contributed by atoms with van der Waals surface area (Å²) in [5.41, 5.74) is 1.15. The Hall–Kier alpha value is -0.990. The minimum Gasteiger partial charge on any atom is -0.367 e. The molecule has 0 aliphatic heterocycles. The van der Waals surface area contributed by atoms with Gasteiger partial charge >= 0.3 is 0 Å². The first-order chi connectivity index (χ1) is 7.08. The molecule has 1 aromatic heterocycles. The second-order valence-electron chi connectivity index (χ2n) is 4.40. The van der Waals surface area contributed by atoms with E-state index in [2.05, 4.69) is 44.2 Å². The molecule has 0 fully saturated rings. The molecule has 1 atom stereocenters. The summed E-state index contributed by atoms with van der Waals surface area (Å²) in [5, 5.41) is 7.98. The fourth-order valence-electron chi connectivity index (χ4n) is 1.76. The number of aryl methyl sites for hydroxylation is 2. The molecule has 0 saturated carbocycles. The van der Waals surface area contributed by atoms with Crippen molar-refractivity contribution in [1.29, 1.82) is 0 Å². The van der Waals surface area contributed by atoms with Crippen LogP contribution in [0.5, 0.6) is 0 Å². The zero-order chi connectivity index (χ0) is 11.4. The molecule has 3 heteroatoms. The number of nitrogens with zero attached hydrogens (tertiary/aromatic N) is 2. The fraction of sp³-hybridized carbons (Fsp3) is 0.750. The summed E-state index contributed by atoms with van der Waals surface area (Å²) in [6.45, 7) is 8.84. The van der Waals surface area contributed by atoms with Crippen molar-refractivity contribution in [2.24, 2.45) is 13.0 Å². The highest BCUT2D eigenvalue weighted by Crippen LogP contribution is 2.16. The number of anilines is 1. The second kappa shape index (κ2) is 5.19. The van der Waals surface area contributed by atoms with Gasteiger partial charge in [-0.05, 0) is 18.8 Å². The zero-order valence-electron chi connectivity index (χ0n) is 10.5. The van der Waals surface area contributed by atoms with Crippen LogP contribution >= 0.6 is 0 Å². The Morgan fingerprint density at radius 2 is 2.07 bits per heavy atom. The molecule has 3 nitrogen and oxygen atoms in total. The average molecular weight is 209 g/mol. The summed E-state index contributed by atoms with van der Waals surface area (Å²) in [5.74, 6) is 1.78. The molecule has 1 heterocycles. The minimum absolute atomic E-state index is 0.533. The Morgan fingerprint density at radius 3 is 2.47 bits per heavy atom. The van der Waals surface area contributed by atoms with Crippen LogP contribution in [-0.4, -0.2) is 15.8 Å². The Labute approximate surface area is 92.9 Å². The quantitative estimate of drug-likeness (QED) is 0.808. The van der Waals surface area contributed by atoms with E-state index in [-0.39, 0.29) is 0 Å². The van der Waals surface area contributed by atoms with Crippen LogP contribution in [0.2, 0.25) is 0 Å². The van der Waals surface area contributed by atoms with E-state index >= 15 is 0 Å². The first-order valence-corrected chi connectivity index (χ1v) is 5.87. The summed E-state index contributed by atoms with van der Waals surface area (Å²) in [6, 6.07) is 2.68. The number of nitrogens with one attached hydrogen (secondary N) is 1. The molecule has 86 valence electrons. The largest absolute Gasteiger partial charge is 0.367 e. The van der Waals surface area contributed by atoms with E-state index in [1.807, 2.05) is 11.7 Å². The molecule has 15 heavy (non-hydrogen) atoms. The molecule has 0 aromatic carbocycles. The lowest BCUT2D eigenvalue weighted by molar-refractivity contribution is 0.506. The Balaban J connectivity index is 2.74. The van der Waals surface area contributed by atoms with Crippen molar-refractivity contribution >= 4 is 5.82 Å². The Kier molecular flexibility index (Phi) is 4.18. The highest BCUT2D eigenvalue weighted by Gasteiger charge is 2.12. The van der Waals surface area contributed by atoms with Crippen LogP contribution in [0.15, 0.2) is 6.07 Å². The van der Waals surface area contributed by atoms with Gasteiger partial charge in [-0.2, -0.15) is 5.10 Å². The van der Waals surface area contributed by atoms with Crippen molar-refractivity contribution in [2.45, 2.75) is 46.6 Å². The van der Waals surface area contributed by atoms with Gasteiger partial charge in [0.2, 0.25) is 0 Å². The normalized spacial score (nSPS) is 13.2. The van der Waals surface area contributed by atoms with Gasteiger partial charge < -0.3 is 5.32 Å². The third kappa shape index (κ3) is 2.98. The molecule has 0 bridgehead atoms. The van der Waals surface area contributed by atoms with E-state index in [1.165, 1.54) is 0 Å². The maximum Gasteiger partial charge on any atom is 0.124 e. The van der Waals surface area contributed by atoms with Gasteiger partial charge in [-0.3, -0.25) is 4.68 Å². The van der Waals surface area contributed by atoms with Crippen LogP contribution in [0.3, 0.4) is 0 Å². The van der Waals surface area contributed by atoms with Crippen molar-refractivity contribution < 1.29 is 0 Å². The summed E-state index contributed by atoms with van der Waals surface area (Å²) in [7, 11) is 1.99. The number of rotatable bonds is 5. The Morgan fingerprint density at radius 1 is 1.40 bits per heavy atom. The zero-order valence-corrected chi connectivity index (χ0v) is 10.5. The minimum atomic E-state index is 0.533. The smallest absolute Gasteiger partial charge is 0.124 e. The first kappa shape index (κ1) is 12.1. The number of hydrogen-bond donors (Lipinski definition) is 1. The first-order valence-electron chi connectivity index (χ1n) is 5.87. The summed E-state index contributed by atoms with van der Waals surface area (Å²) in [6.07, 6.45) is 2.14. The highest BCUT2D eigenvalue weighted by molar-refractivity contribution is 5.38. The van der Waals surface area contributed by atoms with Gasteiger partial charge in [0.05, 0.1) is 5.69 Å². The predicted molar refractivity (Wildman–Crippen MR) is 65.1 cm³/mol. The van der Waals surface area contributed by atoms with E-state index in [4.69, 9.17) is 0 Å². The molecule has 0 aliphatic rings. The molecule has 0 spiro atoms. The van der Waals surface area contributed by atoms with E-state index in [9.17, 15) is 0 Å². The molecule has 0 radical (unpaired) electrons. The molecule has 1 N–H and O–H groups in total. The molecule has 0 saturated heterocycles. The van der Waals surface area contributed by atoms with Gasteiger partial charge in [0.1, 0.15) is 5.82 Å². The number of aromatic nitrogens is 2. The monoisotopic (exact) mass is 209 g/mol. The van der Waals surface area contributed by atoms with Crippen LogP contribution in [0.1, 0.15) is 39.8 Å². The van der Waals surface area contributed by atoms with Gasteiger partial charge in [-0.1, -0.05) is 27.7 Å². The predicted octanol–water partition coefficient (Wildman–Crippen LogP) is 2.83. The maximum atomic E-state index is 4.43. The van der Waals surface area contributed by atoms with E-state index < -0.39 is 0 Å². The second-order valence-corrected chi connectivity index (χ2v) is 4.40. The molecule has 0 aliphatic carbocycles. The van der Waals surface area contributed by atoms with Crippen molar-refractivity contribution in [3.8, 4) is 0 Å². The lowest BCUT2D eigenvalue weighted by Gasteiger charge is -2.21. The standard InChI is InChI=1S/C12H23N3/c1-6-10-8-12(15(5)14-10)13-11(7-2)9(3)4/h8-9,11,13H,6-7H2,1-5H3. The van der Waals surface area contributed by atoms with E-state index in [0.29, 0.717) is 12.0 Å². The van der Waals surface area contributed by atoms with Crippen molar-refractivity contribution in [3.05, 3.63) is 11.8 Å². The third-order valence-corrected chi connectivity index (χ3v) is 2.87. The van der Waals surface area contributed by atoms with Gasteiger partial charge in [0, 0.05) is 19.2 Å². The third-order valence-electron chi connectivity index (χ3n) is 2.87. The maximum absolute atomic E-state index is 4.43. The van der Waals surface area contributed by atoms with Crippen LogP contribution in [-0.2, 0) is 13.5 Å². The summed E-state index contributed by atoms with van der Waals surface area (Å²) >= 11 is 0. The molecule has 0 amide bonds. The topological polar surface area (TPSA) is 29.9 Å². The van der Waals surface area contributed by atoms with Gasteiger partial charge in [0.25, 0.3) is 0 Å². The summed E-state index contributed by atoms with van der Waals surface area (Å²) < 4.78 is 1.93.